The Morgan fingerprint density at radius 1 is 1.12 bits per heavy atom. The third kappa shape index (κ3) is 6.63. The lowest BCUT2D eigenvalue weighted by Crippen LogP contribution is -2.33. The van der Waals surface area contributed by atoms with Crippen LogP contribution in [0.4, 0.5) is 13.9 Å². The van der Waals surface area contributed by atoms with E-state index in [9.17, 15) is 13.6 Å². The highest BCUT2D eigenvalue weighted by atomic mass is 32.2. The summed E-state index contributed by atoms with van der Waals surface area (Å²) in [7, 11) is 5.57. The molecular weight excluding hydrogens is 452 g/mol. The Kier molecular flexibility index (Phi) is 8.84. The fourth-order valence-corrected chi connectivity index (χ4v) is 5.05. The lowest BCUT2D eigenvalue weighted by Gasteiger charge is -2.21. The summed E-state index contributed by atoms with van der Waals surface area (Å²) in [5.74, 6) is 0.193. The van der Waals surface area contributed by atoms with Crippen LogP contribution < -0.4 is 9.64 Å². The molecule has 0 aliphatic heterocycles. The molecule has 9 heteroatoms. The lowest BCUT2D eigenvalue weighted by atomic mass is 10.3. The molecule has 0 bridgehead atoms. The second-order valence-electron chi connectivity index (χ2n) is 7.56. The van der Waals surface area contributed by atoms with Crippen molar-refractivity contribution in [2.24, 2.45) is 0 Å². The highest BCUT2D eigenvalue weighted by Crippen LogP contribution is 2.32. The number of carbonyl (C=O) groups is 1. The van der Waals surface area contributed by atoms with Crippen molar-refractivity contribution in [3.8, 4) is 5.75 Å². The predicted octanol–water partition coefficient (Wildman–Crippen LogP) is 5.44. The van der Waals surface area contributed by atoms with Gasteiger partial charge in [0.2, 0.25) is 5.91 Å². The minimum Gasteiger partial charge on any atom is -0.497 e. The summed E-state index contributed by atoms with van der Waals surface area (Å²) >= 11 is 2.82. The number of ether oxygens (including phenoxy) is 1. The fourth-order valence-electron chi connectivity index (χ4n) is 3.15. The SMILES string of the molecule is COc1ccc(SCCCC(=O)N(CCCN(C)C)c2nc3c(F)cc(F)cc3s2)cc1. The van der Waals surface area contributed by atoms with Gasteiger partial charge in [-0.1, -0.05) is 11.3 Å². The number of nitrogens with zero attached hydrogens (tertiary/aromatic N) is 3. The van der Waals surface area contributed by atoms with Crippen LogP contribution in [0.5, 0.6) is 5.75 Å². The summed E-state index contributed by atoms with van der Waals surface area (Å²) in [6, 6.07) is 9.89. The van der Waals surface area contributed by atoms with E-state index < -0.39 is 11.6 Å². The molecule has 0 atom stereocenters. The summed E-state index contributed by atoms with van der Waals surface area (Å²) in [6.45, 7) is 1.29. The van der Waals surface area contributed by atoms with E-state index in [-0.39, 0.29) is 11.4 Å². The zero-order chi connectivity index (χ0) is 23.1. The van der Waals surface area contributed by atoms with Crippen molar-refractivity contribution >= 4 is 44.4 Å². The summed E-state index contributed by atoms with van der Waals surface area (Å²) in [5.41, 5.74) is 0.104. The largest absolute Gasteiger partial charge is 0.497 e. The molecule has 0 unspecified atom stereocenters. The van der Waals surface area contributed by atoms with Gasteiger partial charge in [0.25, 0.3) is 0 Å². The van der Waals surface area contributed by atoms with Gasteiger partial charge in [-0.05, 0) is 69.6 Å². The molecule has 0 fully saturated rings. The monoisotopic (exact) mass is 479 g/mol. The quantitative estimate of drug-likeness (QED) is 0.271. The number of amides is 1. The average Bonchev–Trinajstić information content (AvgIpc) is 3.18. The van der Waals surface area contributed by atoms with Crippen molar-refractivity contribution in [3.05, 3.63) is 48.0 Å². The highest BCUT2D eigenvalue weighted by Gasteiger charge is 2.21. The maximum atomic E-state index is 14.1. The van der Waals surface area contributed by atoms with Crippen molar-refractivity contribution in [3.63, 3.8) is 0 Å². The van der Waals surface area contributed by atoms with E-state index in [1.165, 1.54) is 6.07 Å². The second kappa shape index (κ2) is 11.6. The zero-order valence-corrected chi connectivity index (χ0v) is 20.1. The van der Waals surface area contributed by atoms with Gasteiger partial charge in [-0.3, -0.25) is 9.69 Å². The second-order valence-corrected chi connectivity index (χ2v) is 9.74. The van der Waals surface area contributed by atoms with Crippen LogP contribution in [0.25, 0.3) is 10.2 Å². The standard InChI is InChI=1S/C23H27F2N3O2S2/c1-27(2)11-5-12-28(23-26-22-19(25)14-16(24)15-20(22)32-23)21(29)6-4-13-31-18-9-7-17(30-3)8-10-18/h7-10,14-15H,4-6,11-13H2,1-3H3. The van der Waals surface area contributed by atoms with E-state index >= 15 is 0 Å². The van der Waals surface area contributed by atoms with Crippen LogP contribution in [-0.4, -0.2) is 55.8 Å². The molecule has 0 aliphatic rings. The van der Waals surface area contributed by atoms with E-state index in [1.54, 1.807) is 23.8 Å². The van der Waals surface area contributed by atoms with Crippen molar-refractivity contribution in [1.82, 2.24) is 9.88 Å². The maximum absolute atomic E-state index is 14.1. The van der Waals surface area contributed by atoms with Crippen LogP contribution in [-0.2, 0) is 4.79 Å². The Hall–Kier alpha value is -2.23. The molecule has 0 radical (unpaired) electrons. The molecule has 5 nitrogen and oxygen atoms in total. The number of hydrogen-bond donors (Lipinski definition) is 0. The molecule has 1 heterocycles. The molecule has 0 aliphatic carbocycles. The summed E-state index contributed by atoms with van der Waals surface area (Å²) in [6.07, 6.45) is 1.82. The Labute approximate surface area is 195 Å². The number of aromatic nitrogens is 1. The molecule has 32 heavy (non-hydrogen) atoms. The van der Waals surface area contributed by atoms with E-state index in [1.807, 2.05) is 43.3 Å². The molecule has 172 valence electrons. The Morgan fingerprint density at radius 3 is 2.56 bits per heavy atom. The number of hydrogen-bond acceptors (Lipinski definition) is 6. The van der Waals surface area contributed by atoms with Gasteiger partial charge in [-0.25, -0.2) is 13.8 Å². The first kappa shape index (κ1) is 24.4. The Morgan fingerprint density at radius 2 is 1.88 bits per heavy atom. The van der Waals surface area contributed by atoms with Crippen molar-refractivity contribution in [2.75, 3.05) is 44.9 Å². The van der Waals surface area contributed by atoms with Crippen molar-refractivity contribution < 1.29 is 18.3 Å². The molecule has 2 aromatic carbocycles. The number of thioether (sulfide) groups is 1. The van der Waals surface area contributed by atoms with Gasteiger partial charge in [0.15, 0.2) is 10.9 Å². The van der Waals surface area contributed by atoms with Gasteiger partial charge in [-0.2, -0.15) is 0 Å². The van der Waals surface area contributed by atoms with Gasteiger partial charge < -0.3 is 9.64 Å². The molecule has 1 aromatic heterocycles. The minimum absolute atomic E-state index is 0.0565. The summed E-state index contributed by atoms with van der Waals surface area (Å²) in [5, 5.41) is 0.413. The smallest absolute Gasteiger partial charge is 0.228 e. The number of thiazole rings is 1. The van der Waals surface area contributed by atoms with E-state index in [0.29, 0.717) is 29.2 Å². The van der Waals surface area contributed by atoms with Gasteiger partial charge in [0.05, 0.1) is 11.8 Å². The van der Waals surface area contributed by atoms with Crippen LogP contribution >= 0.6 is 23.1 Å². The minimum atomic E-state index is -0.709. The van der Waals surface area contributed by atoms with Gasteiger partial charge in [-0.15, -0.1) is 11.8 Å². The molecule has 3 rings (SSSR count). The molecular formula is C23H27F2N3O2S2. The Bertz CT molecular complexity index is 1040. The first-order chi connectivity index (χ1) is 15.4. The number of halogens is 2. The van der Waals surface area contributed by atoms with Gasteiger partial charge >= 0.3 is 0 Å². The van der Waals surface area contributed by atoms with Crippen molar-refractivity contribution in [2.45, 2.75) is 24.2 Å². The Balaban J connectivity index is 1.64. The molecule has 0 saturated heterocycles. The van der Waals surface area contributed by atoms with Gasteiger partial charge in [0, 0.05) is 23.9 Å². The summed E-state index contributed by atoms with van der Waals surface area (Å²) in [4.78, 5) is 22.1. The predicted molar refractivity (Wildman–Crippen MR) is 128 cm³/mol. The van der Waals surface area contributed by atoms with Crippen LogP contribution in [0.2, 0.25) is 0 Å². The number of fused-ring (bicyclic) bond motifs is 1. The first-order valence-electron chi connectivity index (χ1n) is 10.3. The number of carbonyl (C=O) groups excluding carboxylic acids is 1. The lowest BCUT2D eigenvalue weighted by molar-refractivity contribution is -0.118. The van der Waals surface area contributed by atoms with Crippen LogP contribution in [0.3, 0.4) is 0 Å². The topological polar surface area (TPSA) is 45.7 Å². The number of rotatable bonds is 11. The molecule has 0 N–H and O–H groups in total. The van der Waals surface area contributed by atoms with Crippen molar-refractivity contribution in [1.29, 1.82) is 0 Å². The molecule has 0 saturated carbocycles. The molecule has 0 spiro atoms. The van der Waals surface area contributed by atoms with E-state index in [2.05, 4.69) is 4.98 Å². The molecule has 3 aromatic rings. The third-order valence-electron chi connectivity index (χ3n) is 4.78. The molecule has 1 amide bonds. The number of anilines is 1. The summed E-state index contributed by atoms with van der Waals surface area (Å²) < 4.78 is 33.3. The third-order valence-corrected chi connectivity index (χ3v) is 6.91. The maximum Gasteiger partial charge on any atom is 0.228 e. The van der Waals surface area contributed by atoms with Crippen LogP contribution in [0.1, 0.15) is 19.3 Å². The van der Waals surface area contributed by atoms with Crippen LogP contribution in [0, 0.1) is 11.6 Å². The number of benzene rings is 2. The van der Waals surface area contributed by atoms with E-state index in [4.69, 9.17) is 4.74 Å². The van der Waals surface area contributed by atoms with E-state index in [0.717, 1.165) is 46.8 Å². The van der Waals surface area contributed by atoms with Gasteiger partial charge in [0.1, 0.15) is 17.1 Å². The average molecular weight is 480 g/mol. The number of methoxy groups -OCH3 is 1. The fraction of sp³-hybridized carbons (Fsp3) is 0.391. The zero-order valence-electron chi connectivity index (χ0n) is 18.4. The normalized spacial score (nSPS) is 11.3. The first-order valence-corrected chi connectivity index (χ1v) is 12.1. The van der Waals surface area contributed by atoms with Crippen LogP contribution in [0.15, 0.2) is 41.3 Å². The highest BCUT2D eigenvalue weighted by molar-refractivity contribution is 7.99.